The molecule has 88 valence electrons. The number of nitrogen functional groups attached to an aromatic ring is 1. The minimum absolute atomic E-state index is 0.243. The van der Waals surface area contributed by atoms with Crippen LogP contribution >= 0.6 is 11.8 Å². The van der Waals surface area contributed by atoms with Crippen molar-refractivity contribution in [2.45, 2.75) is 23.7 Å². The van der Waals surface area contributed by atoms with Gasteiger partial charge in [-0.15, -0.1) is 0 Å². The summed E-state index contributed by atoms with van der Waals surface area (Å²) in [6.45, 7) is 3.34. The highest BCUT2D eigenvalue weighted by atomic mass is 32.2. The molecule has 0 radical (unpaired) electrons. The van der Waals surface area contributed by atoms with Crippen molar-refractivity contribution in [2.75, 3.05) is 12.3 Å². The molecule has 0 spiro atoms. The van der Waals surface area contributed by atoms with Crippen LogP contribution in [0.25, 0.3) is 0 Å². The van der Waals surface area contributed by atoms with Gasteiger partial charge in [-0.1, -0.05) is 17.8 Å². The van der Waals surface area contributed by atoms with Crippen LogP contribution < -0.4 is 5.73 Å². The van der Waals surface area contributed by atoms with Crippen molar-refractivity contribution in [3.63, 3.8) is 0 Å². The van der Waals surface area contributed by atoms with Crippen LogP contribution in [0.4, 0.5) is 5.69 Å². The van der Waals surface area contributed by atoms with Gasteiger partial charge in [-0.2, -0.15) is 0 Å². The number of hydrogen-bond donors (Lipinski definition) is 2. The third-order valence-corrected chi connectivity index (χ3v) is 2.88. The third kappa shape index (κ3) is 3.43. The van der Waals surface area contributed by atoms with Crippen LogP contribution in [0.1, 0.15) is 13.8 Å². The Kier molecular flexibility index (Phi) is 4.20. The van der Waals surface area contributed by atoms with Crippen molar-refractivity contribution in [2.24, 2.45) is 0 Å². The first-order valence-electron chi connectivity index (χ1n) is 4.90. The normalized spacial score (nSPS) is 14.2. The van der Waals surface area contributed by atoms with E-state index in [0.717, 1.165) is 16.7 Å². The minimum Gasteiger partial charge on any atom is -0.463 e. The van der Waals surface area contributed by atoms with Gasteiger partial charge in [0.2, 0.25) is 4.93 Å². The molecule has 1 aromatic carbocycles. The SMILES string of the molecule is CCOC(=O)C(C)(O)Sc1cccc(N)c1. The Morgan fingerprint density at radius 3 is 2.88 bits per heavy atom. The molecule has 16 heavy (non-hydrogen) atoms. The predicted molar refractivity (Wildman–Crippen MR) is 64.0 cm³/mol. The summed E-state index contributed by atoms with van der Waals surface area (Å²) >= 11 is 1.01. The van der Waals surface area contributed by atoms with Gasteiger partial charge >= 0.3 is 5.97 Å². The molecule has 1 atom stereocenters. The number of nitrogens with two attached hydrogens (primary N) is 1. The lowest BCUT2D eigenvalue weighted by Gasteiger charge is -2.20. The highest BCUT2D eigenvalue weighted by molar-refractivity contribution is 8.01. The molecule has 0 saturated carbocycles. The van der Waals surface area contributed by atoms with Gasteiger partial charge in [0.1, 0.15) is 0 Å². The molecule has 0 amide bonds. The Morgan fingerprint density at radius 2 is 2.31 bits per heavy atom. The molecule has 0 heterocycles. The van der Waals surface area contributed by atoms with E-state index in [-0.39, 0.29) is 6.61 Å². The maximum atomic E-state index is 11.4. The number of thioether (sulfide) groups is 1. The zero-order valence-electron chi connectivity index (χ0n) is 9.27. The van der Waals surface area contributed by atoms with E-state index in [4.69, 9.17) is 10.5 Å². The maximum absolute atomic E-state index is 11.4. The predicted octanol–water partition coefficient (Wildman–Crippen LogP) is 1.63. The summed E-state index contributed by atoms with van der Waals surface area (Å²) in [5, 5.41) is 9.91. The van der Waals surface area contributed by atoms with E-state index < -0.39 is 10.9 Å². The Labute approximate surface area is 98.8 Å². The first-order chi connectivity index (χ1) is 7.45. The topological polar surface area (TPSA) is 72.5 Å². The first kappa shape index (κ1) is 12.9. The average molecular weight is 241 g/mol. The van der Waals surface area contributed by atoms with E-state index in [2.05, 4.69) is 0 Å². The fourth-order valence-corrected chi connectivity index (χ4v) is 2.06. The van der Waals surface area contributed by atoms with E-state index in [9.17, 15) is 9.90 Å². The van der Waals surface area contributed by atoms with Crippen LogP contribution in [0.5, 0.6) is 0 Å². The summed E-state index contributed by atoms with van der Waals surface area (Å²) in [5.41, 5.74) is 6.19. The fourth-order valence-electron chi connectivity index (χ4n) is 1.11. The highest BCUT2D eigenvalue weighted by Crippen LogP contribution is 2.32. The zero-order valence-corrected chi connectivity index (χ0v) is 10.1. The summed E-state index contributed by atoms with van der Waals surface area (Å²) in [7, 11) is 0. The van der Waals surface area contributed by atoms with Crippen molar-refractivity contribution < 1.29 is 14.6 Å². The molecule has 4 nitrogen and oxygen atoms in total. The van der Waals surface area contributed by atoms with Crippen molar-refractivity contribution in [1.82, 2.24) is 0 Å². The largest absolute Gasteiger partial charge is 0.463 e. The molecule has 0 aliphatic carbocycles. The van der Waals surface area contributed by atoms with Gasteiger partial charge in [-0.05, 0) is 32.0 Å². The molecule has 0 aromatic heterocycles. The number of anilines is 1. The molecule has 1 unspecified atom stereocenters. The summed E-state index contributed by atoms with van der Waals surface area (Å²) in [6.07, 6.45) is 0. The smallest absolute Gasteiger partial charge is 0.348 e. The molecule has 0 bridgehead atoms. The molecule has 1 rings (SSSR count). The average Bonchev–Trinajstić information content (AvgIpc) is 2.17. The van der Waals surface area contributed by atoms with E-state index in [1.54, 1.807) is 31.2 Å². The van der Waals surface area contributed by atoms with Crippen LogP contribution in [0.15, 0.2) is 29.2 Å². The number of rotatable bonds is 4. The summed E-state index contributed by atoms with van der Waals surface area (Å²) in [5.74, 6) is -0.651. The summed E-state index contributed by atoms with van der Waals surface area (Å²) in [6, 6.07) is 6.97. The number of benzene rings is 1. The van der Waals surface area contributed by atoms with Gasteiger partial charge in [0.05, 0.1) is 6.61 Å². The Bertz CT molecular complexity index is 379. The Balaban J connectivity index is 2.75. The Hall–Kier alpha value is -1.20. The monoisotopic (exact) mass is 241 g/mol. The van der Waals surface area contributed by atoms with E-state index in [1.807, 2.05) is 0 Å². The number of esters is 1. The number of hydrogen-bond acceptors (Lipinski definition) is 5. The van der Waals surface area contributed by atoms with Crippen molar-refractivity contribution in [3.05, 3.63) is 24.3 Å². The number of carbonyl (C=O) groups is 1. The summed E-state index contributed by atoms with van der Waals surface area (Å²) in [4.78, 5) is 10.6. The number of carbonyl (C=O) groups excluding carboxylic acids is 1. The van der Waals surface area contributed by atoms with Crippen LogP contribution in [0, 0.1) is 0 Å². The molecule has 5 heteroatoms. The van der Waals surface area contributed by atoms with Gasteiger partial charge in [0.15, 0.2) is 0 Å². The molecule has 1 aromatic rings. The fraction of sp³-hybridized carbons (Fsp3) is 0.364. The molecular formula is C11H15NO3S. The van der Waals surface area contributed by atoms with Gasteiger partial charge in [0, 0.05) is 10.6 Å². The molecule has 0 aliphatic rings. The van der Waals surface area contributed by atoms with Crippen molar-refractivity contribution in [3.8, 4) is 0 Å². The Morgan fingerprint density at radius 1 is 1.62 bits per heavy atom. The van der Waals surface area contributed by atoms with Crippen LogP contribution in [0.2, 0.25) is 0 Å². The van der Waals surface area contributed by atoms with Gasteiger partial charge in [0.25, 0.3) is 0 Å². The number of aliphatic hydroxyl groups is 1. The number of ether oxygens (including phenoxy) is 1. The van der Waals surface area contributed by atoms with Crippen LogP contribution in [-0.4, -0.2) is 22.6 Å². The molecular weight excluding hydrogens is 226 g/mol. The second-order valence-corrected chi connectivity index (χ2v) is 4.85. The van der Waals surface area contributed by atoms with Gasteiger partial charge in [-0.25, -0.2) is 4.79 Å². The molecule has 3 N–H and O–H groups in total. The van der Waals surface area contributed by atoms with Crippen LogP contribution in [-0.2, 0) is 9.53 Å². The second kappa shape index (κ2) is 5.23. The zero-order chi connectivity index (χ0) is 12.2. The second-order valence-electron chi connectivity index (χ2n) is 3.38. The minimum atomic E-state index is -1.59. The van der Waals surface area contributed by atoms with Crippen molar-refractivity contribution in [1.29, 1.82) is 0 Å². The third-order valence-electron chi connectivity index (χ3n) is 1.83. The quantitative estimate of drug-likeness (QED) is 0.363. The van der Waals surface area contributed by atoms with Gasteiger partial charge < -0.3 is 15.6 Å². The van der Waals surface area contributed by atoms with Crippen LogP contribution in [0.3, 0.4) is 0 Å². The van der Waals surface area contributed by atoms with Gasteiger partial charge in [-0.3, -0.25) is 0 Å². The molecule has 0 saturated heterocycles. The maximum Gasteiger partial charge on any atom is 0.348 e. The molecule has 0 fully saturated rings. The lowest BCUT2D eigenvalue weighted by molar-refractivity contribution is -0.154. The van der Waals surface area contributed by atoms with E-state index in [1.165, 1.54) is 6.92 Å². The van der Waals surface area contributed by atoms with E-state index >= 15 is 0 Å². The summed E-state index contributed by atoms with van der Waals surface area (Å²) < 4.78 is 4.77. The lowest BCUT2D eigenvalue weighted by atomic mass is 10.3. The first-order valence-corrected chi connectivity index (χ1v) is 5.71. The van der Waals surface area contributed by atoms with Crippen molar-refractivity contribution >= 4 is 23.4 Å². The highest BCUT2D eigenvalue weighted by Gasteiger charge is 2.33. The standard InChI is InChI=1S/C11H15NO3S/c1-3-15-10(13)11(2,14)16-9-6-4-5-8(12)7-9/h4-7,14H,3,12H2,1-2H3. The molecule has 0 aliphatic heterocycles. The lowest BCUT2D eigenvalue weighted by Crippen LogP contribution is -2.33. The van der Waals surface area contributed by atoms with E-state index in [0.29, 0.717) is 5.69 Å².